The predicted octanol–water partition coefficient (Wildman–Crippen LogP) is 4.17. The van der Waals surface area contributed by atoms with E-state index in [0.29, 0.717) is 61.3 Å². The number of hydrogen-bond donors (Lipinski definition) is 0. The van der Waals surface area contributed by atoms with Crippen LogP contribution in [0.5, 0.6) is 23.0 Å². The number of methoxy groups -OCH3 is 2. The predicted molar refractivity (Wildman–Crippen MR) is 146 cm³/mol. The Hall–Kier alpha value is -3.76. The van der Waals surface area contributed by atoms with Crippen molar-refractivity contribution < 1.29 is 33.3 Å². The molecule has 2 aliphatic rings. The Kier molecular flexibility index (Phi) is 8.53. The van der Waals surface area contributed by atoms with Crippen molar-refractivity contribution in [3.05, 3.63) is 69.9 Å². The summed E-state index contributed by atoms with van der Waals surface area (Å²) in [7, 11) is 3.23. The van der Waals surface area contributed by atoms with E-state index in [1.54, 1.807) is 48.7 Å². The second kappa shape index (κ2) is 12.4. The SMILES string of the molecule is COCCCN(CC(=O)N1CCc2sccc2C1COc1cccc(OC)c1)C(=O)c1ccc2c(c1)OCO2. The van der Waals surface area contributed by atoms with Crippen LogP contribution in [0.2, 0.25) is 0 Å². The molecule has 1 atom stereocenters. The zero-order valence-corrected chi connectivity index (χ0v) is 22.9. The normalized spacial score (nSPS) is 15.5. The molecule has 2 aromatic carbocycles. The van der Waals surface area contributed by atoms with Crippen molar-refractivity contribution in [3.8, 4) is 23.0 Å². The van der Waals surface area contributed by atoms with E-state index in [4.69, 9.17) is 23.7 Å². The van der Waals surface area contributed by atoms with Gasteiger partial charge in [-0.15, -0.1) is 11.3 Å². The largest absolute Gasteiger partial charge is 0.497 e. The summed E-state index contributed by atoms with van der Waals surface area (Å²) in [4.78, 5) is 32.0. The molecule has 0 fully saturated rings. The van der Waals surface area contributed by atoms with E-state index >= 15 is 0 Å². The number of carbonyl (C=O) groups excluding carboxylic acids is 2. The van der Waals surface area contributed by atoms with Gasteiger partial charge < -0.3 is 33.5 Å². The highest BCUT2D eigenvalue weighted by molar-refractivity contribution is 7.10. The fourth-order valence-electron chi connectivity index (χ4n) is 4.86. The van der Waals surface area contributed by atoms with Crippen LogP contribution in [0.3, 0.4) is 0 Å². The lowest BCUT2D eigenvalue weighted by molar-refractivity contribution is -0.135. The van der Waals surface area contributed by atoms with Crippen LogP contribution in [-0.2, 0) is 16.0 Å². The lowest BCUT2D eigenvalue weighted by Gasteiger charge is -2.37. The number of hydrogen-bond acceptors (Lipinski definition) is 8. The highest BCUT2D eigenvalue weighted by atomic mass is 32.1. The van der Waals surface area contributed by atoms with Crippen molar-refractivity contribution in [2.75, 3.05) is 53.9 Å². The molecular formula is C29H32N2O7S. The third kappa shape index (κ3) is 6.12. The third-order valence-electron chi connectivity index (χ3n) is 6.87. The number of thiophene rings is 1. The van der Waals surface area contributed by atoms with Gasteiger partial charge in [-0.05, 0) is 60.2 Å². The number of benzene rings is 2. The molecule has 2 amide bonds. The lowest BCUT2D eigenvalue weighted by Crippen LogP contribution is -2.48. The average Bonchev–Trinajstić information content (AvgIpc) is 3.64. The zero-order chi connectivity index (χ0) is 27.2. The summed E-state index contributed by atoms with van der Waals surface area (Å²) >= 11 is 1.70. The maximum absolute atomic E-state index is 13.8. The molecular weight excluding hydrogens is 520 g/mol. The Morgan fingerprint density at radius 1 is 1.08 bits per heavy atom. The standard InChI is InChI=1S/C29H32N2O7S/c1-34-13-4-11-30(29(33)20-7-8-25-26(15-20)38-19-37-25)17-28(32)31-12-9-27-23(10-14-39-27)24(31)18-36-22-6-3-5-21(16-22)35-2/h3,5-8,10,14-16,24H,4,9,11-13,17-19H2,1-2H3. The van der Waals surface area contributed by atoms with Gasteiger partial charge >= 0.3 is 0 Å². The number of ether oxygens (including phenoxy) is 5. The average molecular weight is 553 g/mol. The first-order valence-electron chi connectivity index (χ1n) is 12.9. The van der Waals surface area contributed by atoms with Gasteiger partial charge in [-0.25, -0.2) is 0 Å². The van der Waals surface area contributed by atoms with Crippen molar-refractivity contribution in [3.63, 3.8) is 0 Å². The van der Waals surface area contributed by atoms with E-state index in [2.05, 4.69) is 11.4 Å². The van der Waals surface area contributed by atoms with Crippen LogP contribution in [0, 0.1) is 0 Å². The lowest BCUT2D eigenvalue weighted by atomic mass is 10.0. The van der Waals surface area contributed by atoms with Gasteiger partial charge in [0.1, 0.15) is 24.7 Å². The fourth-order valence-corrected chi connectivity index (χ4v) is 5.79. The molecule has 0 saturated carbocycles. The van der Waals surface area contributed by atoms with Crippen LogP contribution < -0.4 is 18.9 Å². The maximum Gasteiger partial charge on any atom is 0.254 e. The van der Waals surface area contributed by atoms with Crippen LogP contribution in [0.25, 0.3) is 0 Å². The smallest absolute Gasteiger partial charge is 0.254 e. The molecule has 2 aliphatic heterocycles. The number of carbonyl (C=O) groups is 2. The number of amides is 2. The summed E-state index contributed by atoms with van der Waals surface area (Å²) < 4.78 is 27.5. The molecule has 10 heteroatoms. The maximum atomic E-state index is 13.8. The Morgan fingerprint density at radius 3 is 2.77 bits per heavy atom. The van der Waals surface area contributed by atoms with E-state index in [1.165, 1.54) is 4.88 Å². The van der Waals surface area contributed by atoms with Gasteiger partial charge in [0.2, 0.25) is 12.7 Å². The first-order valence-corrected chi connectivity index (χ1v) is 13.8. The highest BCUT2D eigenvalue weighted by Gasteiger charge is 2.34. The van der Waals surface area contributed by atoms with Crippen LogP contribution in [0.15, 0.2) is 53.9 Å². The summed E-state index contributed by atoms with van der Waals surface area (Å²) in [6.07, 6.45) is 1.38. The monoisotopic (exact) mass is 552 g/mol. The van der Waals surface area contributed by atoms with Gasteiger partial charge in [0.15, 0.2) is 11.5 Å². The van der Waals surface area contributed by atoms with Crippen LogP contribution in [0.4, 0.5) is 0 Å². The van der Waals surface area contributed by atoms with Crippen LogP contribution in [0.1, 0.15) is 33.3 Å². The van der Waals surface area contributed by atoms with Crippen molar-refractivity contribution in [2.45, 2.75) is 18.9 Å². The van der Waals surface area contributed by atoms with Gasteiger partial charge in [0, 0.05) is 43.3 Å². The molecule has 0 radical (unpaired) electrons. The topological polar surface area (TPSA) is 86.8 Å². The molecule has 0 saturated heterocycles. The number of fused-ring (bicyclic) bond motifs is 2. The van der Waals surface area contributed by atoms with E-state index < -0.39 is 0 Å². The Morgan fingerprint density at radius 2 is 1.92 bits per heavy atom. The molecule has 0 aliphatic carbocycles. The third-order valence-corrected chi connectivity index (χ3v) is 7.87. The summed E-state index contributed by atoms with van der Waals surface area (Å²) in [6.45, 7) is 1.80. The number of rotatable bonds is 11. The zero-order valence-electron chi connectivity index (χ0n) is 22.1. The molecule has 39 heavy (non-hydrogen) atoms. The molecule has 1 aromatic heterocycles. The summed E-state index contributed by atoms with van der Waals surface area (Å²) in [5, 5.41) is 2.05. The van der Waals surface area contributed by atoms with Crippen LogP contribution in [-0.4, -0.2) is 75.5 Å². The molecule has 206 valence electrons. The fraction of sp³-hybridized carbons (Fsp3) is 0.379. The molecule has 5 rings (SSSR count). The van der Waals surface area contributed by atoms with E-state index in [9.17, 15) is 9.59 Å². The van der Waals surface area contributed by atoms with Crippen LogP contribution >= 0.6 is 11.3 Å². The van der Waals surface area contributed by atoms with Gasteiger partial charge in [0.25, 0.3) is 5.91 Å². The second-order valence-electron chi connectivity index (χ2n) is 9.28. The van der Waals surface area contributed by atoms with Gasteiger partial charge in [0.05, 0.1) is 13.2 Å². The first kappa shape index (κ1) is 26.8. The van der Waals surface area contributed by atoms with Crippen molar-refractivity contribution in [1.82, 2.24) is 9.80 Å². The molecule has 0 bridgehead atoms. The summed E-state index contributed by atoms with van der Waals surface area (Å²) in [6, 6.07) is 14.3. The van der Waals surface area contributed by atoms with E-state index in [0.717, 1.165) is 12.0 Å². The molecule has 3 aromatic rings. The minimum absolute atomic E-state index is 0.0495. The molecule has 1 unspecified atom stereocenters. The Bertz CT molecular complexity index is 1310. The Labute approximate surface area is 231 Å². The first-order chi connectivity index (χ1) is 19.1. The second-order valence-corrected chi connectivity index (χ2v) is 10.3. The highest BCUT2D eigenvalue weighted by Crippen LogP contribution is 2.35. The van der Waals surface area contributed by atoms with Gasteiger partial charge in [-0.1, -0.05) is 6.07 Å². The van der Waals surface area contributed by atoms with Crippen molar-refractivity contribution in [1.29, 1.82) is 0 Å². The molecule has 0 spiro atoms. The van der Waals surface area contributed by atoms with Crippen molar-refractivity contribution in [2.24, 2.45) is 0 Å². The Balaban J connectivity index is 1.33. The number of nitrogens with zero attached hydrogens (tertiary/aromatic N) is 2. The molecule has 0 N–H and O–H groups in total. The van der Waals surface area contributed by atoms with Crippen molar-refractivity contribution >= 4 is 23.2 Å². The van der Waals surface area contributed by atoms with Gasteiger partial charge in [-0.3, -0.25) is 9.59 Å². The van der Waals surface area contributed by atoms with E-state index in [-0.39, 0.29) is 31.2 Å². The quantitative estimate of drug-likeness (QED) is 0.330. The summed E-state index contributed by atoms with van der Waals surface area (Å²) in [5.41, 5.74) is 1.54. The summed E-state index contributed by atoms with van der Waals surface area (Å²) in [5.74, 6) is 2.14. The van der Waals surface area contributed by atoms with Gasteiger partial charge in [-0.2, -0.15) is 0 Å². The molecule has 9 nitrogen and oxygen atoms in total. The molecule has 3 heterocycles. The van der Waals surface area contributed by atoms with E-state index in [1.807, 2.05) is 29.2 Å². The minimum Gasteiger partial charge on any atom is -0.497 e. The minimum atomic E-state index is -0.264.